The molecule has 0 aromatic carbocycles. The van der Waals surface area contributed by atoms with E-state index in [1.807, 2.05) is 0 Å². The maximum absolute atomic E-state index is 10.4. The van der Waals surface area contributed by atoms with Crippen molar-refractivity contribution in [1.29, 1.82) is 5.26 Å². The van der Waals surface area contributed by atoms with Crippen LogP contribution in [0.25, 0.3) is 0 Å². The van der Waals surface area contributed by atoms with Gasteiger partial charge in [0.1, 0.15) is 0 Å². The first-order valence-electron chi connectivity index (χ1n) is 2.99. The van der Waals surface area contributed by atoms with Crippen molar-refractivity contribution in [2.24, 2.45) is 0 Å². The van der Waals surface area contributed by atoms with Crippen molar-refractivity contribution in [2.45, 2.75) is 5.66 Å². The van der Waals surface area contributed by atoms with E-state index in [4.69, 9.17) is 16.9 Å². The van der Waals surface area contributed by atoms with E-state index in [2.05, 4.69) is 5.32 Å². The SMILES string of the molecule is N#CC1([N+](=O)[O-])C=CC(Cl)=CN1. The number of nitriles is 1. The maximum atomic E-state index is 10.4. The smallest absolute Gasteiger partial charge is 0.310 e. The molecule has 0 saturated carbocycles. The molecule has 0 spiro atoms. The lowest BCUT2D eigenvalue weighted by Gasteiger charge is -2.16. The third kappa shape index (κ3) is 1.24. The molecular weight excluding hydrogens is 182 g/mol. The minimum Gasteiger partial charge on any atom is -0.310 e. The number of hydrogen-bond acceptors (Lipinski definition) is 4. The highest BCUT2D eigenvalue weighted by Gasteiger charge is 2.40. The fourth-order valence-electron chi connectivity index (χ4n) is 0.699. The summed E-state index contributed by atoms with van der Waals surface area (Å²) in [6.45, 7) is 0. The molecule has 1 N–H and O–H groups in total. The predicted molar refractivity (Wildman–Crippen MR) is 41.6 cm³/mol. The van der Waals surface area contributed by atoms with E-state index in [0.717, 1.165) is 6.08 Å². The molecule has 0 radical (unpaired) electrons. The molecule has 62 valence electrons. The van der Waals surface area contributed by atoms with Gasteiger partial charge in [-0.25, -0.2) is 0 Å². The number of nitrogens with zero attached hydrogens (tertiary/aromatic N) is 2. The van der Waals surface area contributed by atoms with Crippen LogP contribution in [-0.4, -0.2) is 10.6 Å². The summed E-state index contributed by atoms with van der Waals surface area (Å²) >= 11 is 5.49. The zero-order valence-electron chi connectivity index (χ0n) is 5.82. The van der Waals surface area contributed by atoms with Crippen molar-refractivity contribution < 1.29 is 4.92 Å². The van der Waals surface area contributed by atoms with Gasteiger partial charge in [-0.1, -0.05) is 11.6 Å². The van der Waals surface area contributed by atoms with Crippen LogP contribution < -0.4 is 5.32 Å². The van der Waals surface area contributed by atoms with Crippen LogP contribution in [0, 0.1) is 21.4 Å². The molecule has 0 aromatic rings. The maximum Gasteiger partial charge on any atom is 0.399 e. The molecule has 1 aliphatic heterocycles. The first kappa shape index (κ1) is 8.56. The second-order valence-corrected chi connectivity index (χ2v) is 2.58. The van der Waals surface area contributed by atoms with E-state index in [0.29, 0.717) is 5.03 Å². The highest BCUT2D eigenvalue weighted by molar-refractivity contribution is 6.31. The van der Waals surface area contributed by atoms with Gasteiger partial charge in [-0.05, 0) is 6.08 Å². The number of allylic oxidation sites excluding steroid dienone is 2. The van der Waals surface area contributed by atoms with Gasteiger partial charge < -0.3 is 5.32 Å². The van der Waals surface area contributed by atoms with Crippen LogP contribution in [-0.2, 0) is 0 Å². The summed E-state index contributed by atoms with van der Waals surface area (Å²) in [4.78, 5) is 9.69. The topological polar surface area (TPSA) is 79.0 Å². The van der Waals surface area contributed by atoms with Gasteiger partial charge in [0.2, 0.25) is 0 Å². The van der Waals surface area contributed by atoms with Gasteiger partial charge >= 0.3 is 5.66 Å². The summed E-state index contributed by atoms with van der Waals surface area (Å²) in [7, 11) is 0. The fraction of sp³-hybridized carbons (Fsp3) is 0.167. The first-order valence-corrected chi connectivity index (χ1v) is 3.37. The highest BCUT2D eigenvalue weighted by atomic mass is 35.5. The van der Waals surface area contributed by atoms with Gasteiger partial charge in [0.15, 0.2) is 6.07 Å². The fourth-order valence-corrected chi connectivity index (χ4v) is 0.817. The Kier molecular flexibility index (Phi) is 2.02. The Balaban J connectivity index is 2.98. The Morgan fingerprint density at radius 1 is 1.83 bits per heavy atom. The van der Waals surface area contributed by atoms with E-state index < -0.39 is 10.6 Å². The minimum absolute atomic E-state index is 0.322. The van der Waals surface area contributed by atoms with Crippen molar-refractivity contribution in [3.05, 3.63) is 33.5 Å². The minimum atomic E-state index is -1.86. The molecule has 0 bridgehead atoms. The Hall–Kier alpha value is -1.54. The van der Waals surface area contributed by atoms with E-state index in [1.54, 1.807) is 0 Å². The van der Waals surface area contributed by atoms with Crippen molar-refractivity contribution in [3.8, 4) is 6.07 Å². The van der Waals surface area contributed by atoms with Gasteiger partial charge in [-0.2, -0.15) is 5.26 Å². The standard InChI is InChI=1S/C6H4ClN3O2/c7-5-1-2-6(4-8,9-3-5)10(11)12/h1-3,9H. The molecule has 1 rings (SSSR count). The molecular formula is C6H4ClN3O2. The first-order chi connectivity index (χ1) is 5.60. The Morgan fingerprint density at radius 2 is 2.50 bits per heavy atom. The molecule has 0 saturated heterocycles. The summed E-state index contributed by atoms with van der Waals surface area (Å²) in [5, 5.41) is 21.5. The third-order valence-corrected chi connectivity index (χ3v) is 1.61. The summed E-state index contributed by atoms with van der Waals surface area (Å²) in [5.41, 5.74) is -1.86. The van der Waals surface area contributed by atoms with E-state index in [1.165, 1.54) is 18.3 Å². The Bertz CT molecular complexity index is 317. The summed E-state index contributed by atoms with van der Waals surface area (Å²) in [6, 6.07) is 1.54. The van der Waals surface area contributed by atoms with E-state index >= 15 is 0 Å². The van der Waals surface area contributed by atoms with Gasteiger partial charge in [-0.15, -0.1) is 0 Å². The molecule has 1 heterocycles. The molecule has 0 aromatic heterocycles. The summed E-state index contributed by atoms with van der Waals surface area (Å²) in [5.74, 6) is 0. The van der Waals surface area contributed by atoms with Crippen LogP contribution in [0.1, 0.15) is 0 Å². The lowest BCUT2D eigenvalue weighted by atomic mass is 10.1. The second kappa shape index (κ2) is 2.83. The van der Waals surface area contributed by atoms with Crippen LogP contribution in [0.3, 0.4) is 0 Å². The van der Waals surface area contributed by atoms with Crippen molar-refractivity contribution in [2.75, 3.05) is 0 Å². The molecule has 1 aliphatic rings. The average molecular weight is 186 g/mol. The number of nitro groups is 1. The third-order valence-electron chi connectivity index (χ3n) is 1.37. The van der Waals surface area contributed by atoms with Crippen LogP contribution in [0.4, 0.5) is 0 Å². The van der Waals surface area contributed by atoms with Crippen LogP contribution in [0.15, 0.2) is 23.4 Å². The molecule has 6 heteroatoms. The van der Waals surface area contributed by atoms with Crippen molar-refractivity contribution >= 4 is 11.6 Å². The lowest BCUT2D eigenvalue weighted by Crippen LogP contribution is -2.47. The second-order valence-electron chi connectivity index (χ2n) is 2.14. The number of hydrogen-bond donors (Lipinski definition) is 1. The summed E-state index contributed by atoms with van der Waals surface area (Å²) < 4.78 is 0. The van der Waals surface area contributed by atoms with Crippen molar-refractivity contribution in [1.82, 2.24) is 5.32 Å². The van der Waals surface area contributed by atoms with Crippen LogP contribution >= 0.6 is 11.6 Å². The zero-order valence-corrected chi connectivity index (χ0v) is 6.58. The molecule has 1 atom stereocenters. The molecule has 0 aliphatic carbocycles. The molecule has 0 amide bonds. The van der Waals surface area contributed by atoms with Gasteiger partial charge in [0, 0.05) is 12.3 Å². The zero-order chi connectivity index (χ0) is 9.19. The van der Waals surface area contributed by atoms with Crippen molar-refractivity contribution in [3.63, 3.8) is 0 Å². The van der Waals surface area contributed by atoms with Gasteiger partial charge in [-0.3, -0.25) is 10.1 Å². The Labute approximate surface area is 73.1 Å². The number of nitrogens with one attached hydrogen (secondary N) is 1. The van der Waals surface area contributed by atoms with Gasteiger partial charge in [0.05, 0.1) is 9.96 Å². The Morgan fingerprint density at radius 3 is 2.83 bits per heavy atom. The molecule has 0 fully saturated rings. The van der Waals surface area contributed by atoms with E-state index in [9.17, 15) is 10.1 Å². The molecule has 5 nitrogen and oxygen atoms in total. The number of rotatable bonds is 1. The van der Waals surface area contributed by atoms with Gasteiger partial charge in [0.25, 0.3) is 0 Å². The quantitative estimate of drug-likeness (QED) is 0.482. The van der Waals surface area contributed by atoms with Crippen LogP contribution in [0.5, 0.6) is 0 Å². The average Bonchev–Trinajstić information content (AvgIpc) is 2.06. The number of halogens is 1. The monoisotopic (exact) mass is 185 g/mol. The number of dihydropyridines is 1. The lowest BCUT2D eigenvalue weighted by molar-refractivity contribution is -0.543. The predicted octanol–water partition coefficient (Wildman–Crippen LogP) is 0.723. The van der Waals surface area contributed by atoms with E-state index in [-0.39, 0.29) is 0 Å². The van der Waals surface area contributed by atoms with Crippen LogP contribution in [0.2, 0.25) is 0 Å². The molecule has 12 heavy (non-hydrogen) atoms. The molecule has 1 unspecified atom stereocenters. The normalized spacial score (nSPS) is 26.8. The largest absolute Gasteiger partial charge is 0.399 e. The highest BCUT2D eigenvalue weighted by Crippen LogP contribution is 2.16. The summed E-state index contributed by atoms with van der Waals surface area (Å²) in [6.07, 6.45) is 3.63.